The van der Waals surface area contributed by atoms with E-state index in [2.05, 4.69) is 31.9 Å². The van der Waals surface area contributed by atoms with Crippen molar-refractivity contribution in [1.82, 2.24) is 0 Å². The van der Waals surface area contributed by atoms with E-state index >= 15 is 0 Å². The lowest BCUT2D eigenvalue weighted by molar-refractivity contribution is -0.307. The molecule has 2 unspecified atom stereocenters. The number of rotatable bonds is 5. The third kappa shape index (κ3) is 4.71. The van der Waals surface area contributed by atoms with Crippen LogP contribution in [0.15, 0.2) is 0 Å². The van der Waals surface area contributed by atoms with Crippen LogP contribution in [-0.4, -0.2) is 21.6 Å². The maximum Gasteiger partial charge on any atom is 0.0551 e. The highest BCUT2D eigenvalue weighted by Crippen LogP contribution is 2.13. The predicted molar refractivity (Wildman–Crippen MR) is 44.7 cm³/mol. The Bertz CT molecular complexity index is 162. The number of hydrogen-bond donors (Lipinski definition) is 0. The number of hydrogen-bond acceptors (Lipinski definition) is 4. The summed E-state index contributed by atoms with van der Waals surface area (Å²) >= 11 is 5.65. The molecular formula is C6H6Br2O4-2. The molecular weight excluding hydrogens is 296 g/mol. The monoisotopic (exact) mass is 300 g/mol. The fraction of sp³-hybridized carbons (Fsp3) is 0.667. The summed E-state index contributed by atoms with van der Waals surface area (Å²) < 4.78 is 0. The van der Waals surface area contributed by atoms with Crippen LogP contribution in [0, 0.1) is 0 Å². The molecule has 70 valence electrons. The van der Waals surface area contributed by atoms with Gasteiger partial charge in [0, 0.05) is 0 Å². The Hall–Kier alpha value is -0.100. The summed E-state index contributed by atoms with van der Waals surface area (Å²) in [4.78, 5) is 18.7. The Kier molecular flexibility index (Phi) is 5.48. The van der Waals surface area contributed by atoms with Crippen molar-refractivity contribution in [2.75, 3.05) is 0 Å². The minimum Gasteiger partial charge on any atom is -0.549 e. The molecule has 0 aliphatic rings. The number of carbonyl (C=O) groups is 2. The van der Waals surface area contributed by atoms with Gasteiger partial charge in [-0.2, -0.15) is 0 Å². The van der Waals surface area contributed by atoms with E-state index in [0.29, 0.717) is 0 Å². The second-order valence-corrected chi connectivity index (χ2v) is 4.36. The molecule has 0 radical (unpaired) electrons. The van der Waals surface area contributed by atoms with Crippen molar-refractivity contribution < 1.29 is 19.8 Å². The molecule has 0 fully saturated rings. The number of halogens is 2. The van der Waals surface area contributed by atoms with E-state index in [-0.39, 0.29) is 12.8 Å². The van der Waals surface area contributed by atoms with Crippen LogP contribution < -0.4 is 10.2 Å². The van der Waals surface area contributed by atoms with E-state index in [1.54, 1.807) is 0 Å². The topological polar surface area (TPSA) is 80.3 Å². The molecule has 0 rings (SSSR count). The number of carbonyl (C=O) groups excluding carboxylic acids is 2. The fourth-order valence-corrected chi connectivity index (χ4v) is 1.06. The third-order valence-electron chi connectivity index (χ3n) is 1.19. The van der Waals surface area contributed by atoms with Crippen molar-refractivity contribution in [3.63, 3.8) is 0 Å². The first-order valence-electron chi connectivity index (χ1n) is 3.15. The fourth-order valence-electron chi connectivity index (χ4n) is 0.528. The normalized spacial score (nSPS) is 15.2. The molecule has 0 heterocycles. The van der Waals surface area contributed by atoms with E-state index in [1.165, 1.54) is 0 Å². The van der Waals surface area contributed by atoms with Gasteiger partial charge in [-0.3, -0.25) is 0 Å². The van der Waals surface area contributed by atoms with Crippen LogP contribution in [0.2, 0.25) is 0 Å². The molecule has 0 spiro atoms. The van der Waals surface area contributed by atoms with Gasteiger partial charge in [-0.25, -0.2) is 0 Å². The molecule has 0 aromatic rings. The number of carboxylic acids is 2. The first-order chi connectivity index (χ1) is 5.45. The van der Waals surface area contributed by atoms with Gasteiger partial charge in [0.15, 0.2) is 0 Å². The highest BCUT2D eigenvalue weighted by Gasteiger charge is 2.09. The molecule has 0 N–H and O–H groups in total. The zero-order valence-electron chi connectivity index (χ0n) is 5.96. The van der Waals surface area contributed by atoms with E-state index in [0.717, 1.165) is 0 Å². The molecule has 0 bridgehead atoms. The molecule has 0 saturated carbocycles. The molecule has 0 aromatic heterocycles. The van der Waals surface area contributed by atoms with Gasteiger partial charge in [0.1, 0.15) is 0 Å². The van der Waals surface area contributed by atoms with Crippen LogP contribution in [0.5, 0.6) is 0 Å². The van der Waals surface area contributed by atoms with Crippen molar-refractivity contribution in [3.05, 3.63) is 0 Å². The van der Waals surface area contributed by atoms with Crippen molar-refractivity contribution in [1.29, 1.82) is 0 Å². The van der Waals surface area contributed by atoms with Gasteiger partial charge < -0.3 is 19.8 Å². The van der Waals surface area contributed by atoms with Gasteiger partial charge in [-0.15, -0.1) is 0 Å². The molecule has 0 amide bonds. The quantitative estimate of drug-likeness (QED) is 0.597. The summed E-state index contributed by atoms with van der Waals surface area (Å²) in [6.45, 7) is 0. The Morgan fingerprint density at radius 3 is 1.42 bits per heavy atom. The number of aliphatic carboxylic acids is 2. The second kappa shape index (κ2) is 5.53. The van der Waals surface area contributed by atoms with Crippen molar-refractivity contribution in [3.8, 4) is 0 Å². The average molecular weight is 302 g/mol. The van der Waals surface area contributed by atoms with Gasteiger partial charge in [0.05, 0.1) is 21.6 Å². The molecule has 6 heteroatoms. The van der Waals surface area contributed by atoms with Crippen molar-refractivity contribution in [2.45, 2.75) is 22.5 Å². The summed E-state index contributed by atoms with van der Waals surface area (Å²) in [6.07, 6.45) is 0.373. The SMILES string of the molecule is O=C([O-])C(Br)CCC(Br)C(=O)[O-]. The van der Waals surface area contributed by atoms with E-state index in [4.69, 9.17) is 0 Å². The summed E-state index contributed by atoms with van der Waals surface area (Å²) in [7, 11) is 0. The summed E-state index contributed by atoms with van der Waals surface area (Å²) in [6, 6.07) is 0. The molecule has 0 aliphatic heterocycles. The maximum atomic E-state index is 10.1. The standard InChI is InChI=1S/C6H8Br2O4/c7-3(5(9)10)1-2-4(8)6(11)12/h3-4H,1-2H2,(H,9,10)(H,11,12)/p-2. The van der Waals surface area contributed by atoms with Crippen LogP contribution >= 0.6 is 31.9 Å². The van der Waals surface area contributed by atoms with Gasteiger partial charge in [-0.05, 0) is 12.8 Å². The third-order valence-corrected chi connectivity index (χ3v) is 2.85. The van der Waals surface area contributed by atoms with Gasteiger partial charge in [0.2, 0.25) is 0 Å². The van der Waals surface area contributed by atoms with E-state index in [1.807, 2.05) is 0 Å². The highest BCUT2D eigenvalue weighted by atomic mass is 79.9. The Labute approximate surface area is 86.2 Å². The van der Waals surface area contributed by atoms with Crippen molar-refractivity contribution >= 4 is 43.8 Å². The molecule has 2 atom stereocenters. The Morgan fingerprint density at radius 2 is 1.25 bits per heavy atom. The van der Waals surface area contributed by atoms with Crippen molar-refractivity contribution in [2.24, 2.45) is 0 Å². The van der Waals surface area contributed by atoms with Gasteiger partial charge in [-0.1, -0.05) is 31.9 Å². The van der Waals surface area contributed by atoms with Crippen LogP contribution in [0.1, 0.15) is 12.8 Å². The lowest BCUT2D eigenvalue weighted by Crippen LogP contribution is -2.35. The zero-order chi connectivity index (χ0) is 9.72. The van der Waals surface area contributed by atoms with Crippen LogP contribution in [0.4, 0.5) is 0 Å². The second-order valence-electron chi connectivity index (χ2n) is 2.15. The lowest BCUT2D eigenvalue weighted by Gasteiger charge is -2.14. The van der Waals surface area contributed by atoms with Crippen LogP contribution in [-0.2, 0) is 9.59 Å². The summed E-state index contributed by atoms with van der Waals surface area (Å²) in [5.41, 5.74) is 0. The Balaban J connectivity index is 3.68. The van der Waals surface area contributed by atoms with Crippen LogP contribution in [0.25, 0.3) is 0 Å². The summed E-state index contributed by atoms with van der Waals surface area (Å²) in [5.74, 6) is -2.49. The van der Waals surface area contributed by atoms with Gasteiger partial charge >= 0.3 is 0 Å². The number of alkyl halides is 2. The molecule has 0 saturated heterocycles. The Morgan fingerprint density at radius 1 is 1.00 bits per heavy atom. The first-order valence-corrected chi connectivity index (χ1v) is 4.98. The largest absolute Gasteiger partial charge is 0.549 e. The summed E-state index contributed by atoms with van der Waals surface area (Å²) in [5, 5.41) is 20.3. The number of carboxylic acid groups (broad SMARTS) is 2. The van der Waals surface area contributed by atoms with Crippen LogP contribution in [0.3, 0.4) is 0 Å². The zero-order valence-corrected chi connectivity index (χ0v) is 9.13. The molecule has 0 aromatic carbocycles. The molecule has 0 aliphatic carbocycles. The average Bonchev–Trinajstić information content (AvgIpc) is 1.98. The van der Waals surface area contributed by atoms with E-state index in [9.17, 15) is 19.8 Å². The lowest BCUT2D eigenvalue weighted by atomic mass is 10.2. The van der Waals surface area contributed by atoms with E-state index < -0.39 is 21.6 Å². The minimum absolute atomic E-state index is 0.187. The smallest absolute Gasteiger partial charge is 0.0551 e. The predicted octanol–water partition coefficient (Wildman–Crippen LogP) is -1.21. The van der Waals surface area contributed by atoms with Gasteiger partial charge in [0.25, 0.3) is 0 Å². The molecule has 4 nitrogen and oxygen atoms in total. The first kappa shape index (κ1) is 11.9. The highest BCUT2D eigenvalue weighted by molar-refractivity contribution is 9.10. The molecule has 12 heavy (non-hydrogen) atoms. The maximum absolute atomic E-state index is 10.1. The minimum atomic E-state index is -1.24.